The Hall–Kier alpha value is -0.368. The third-order valence-corrected chi connectivity index (χ3v) is 14.0. The van der Waals surface area contributed by atoms with Gasteiger partial charge < -0.3 is 18.5 Å². The van der Waals surface area contributed by atoms with Crippen LogP contribution in [-0.4, -0.2) is 44.8 Å². The van der Waals surface area contributed by atoms with E-state index in [1.54, 1.807) is 0 Å². The first-order chi connectivity index (χ1) is 15.3. The van der Waals surface area contributed by atoms with E-state index in [4.69, 9.17) is 18.5 Å². The van der Waals surface area contributed by atoms with E-state index in [0.717, 1.165) is 25.2 Å². The summed E-state index contributed by atoms with van der Waals surface area (Å²) in [6.07, 6.45) is 4.42. The van der Waals surface area contributed by atoms with E-state index >= 15 is 0 Å². The zero-order valence-corrected chi connectivity index (χ0v) is 25.0. The summed E-state index contributed by atoms with van der Waals surface area (Å²) in [5, 5.41) is 0.0837. The molecule has 4 rings (SSSR count). The van der Waals surface area contributed by atoms with Crippen molar-refractivity contribution in [3.8, 4) is 0 Å². The molecular formula is C27H51BO5Si. The molecule has 0 amide bonds. The van der Waals surface area contributed by atoms with Gasteiger partial charge in [-0.15, -0.1) is 0 Å². The average molecular weight is 495 g/mol. The summed E-state index contributed by atoms with van der Waals surface area (Å²) < 4.78 is 25.6. The van der Waals surface area contributed by atoms with Gasteiger partial charge in [0.15, 0.2) is 8.32 Å². The van der Waals surface area contributed by atoms with Gasteiger partial charge in [0, 0.05) is 0 Å². The zero-order chi connectivity index (χ0) is 25.9. The number of carbonyl (C=O) groups excluding carboxylic acids is 1. The van der Waals surface area contributed by atoms with Gasteiger partial charge in [-0.3, -0.25) is 4.79 Å². The number of ether oxygens (including phenoxy) is 1. The van der Waals surface area contributed by atoms with Gasteiger partial charge in [-0.2, -0.15) is 0 Å². The van der Waals surface area contributed by atoms with Crippen LogP contribution in [0.15, 0.2) is 0 Å². The third kappa shape index (κ3) is 5.63. The van der Waals surface area contributed by atoms with Gasteiger partial charge in [-0.05, 0) is 94.6 Å². The topological polar surface area (TPSA) is 54.0 Å². The predicted octanol–water partition coefficient (Wildman–Crippen LogP) is 7.01. The Bertz CT molecular complexity index is 755. The fourth-order valence-corrected chi connectivity index (χ4v) is 7.48. The molecule has 0 N–H and O–H groups in total. The van der Waals surface area contributed by atoms with Crippen molar-refractivity contribution in [3.63, 3.8) is 0 Å². The SMILES string of the molecule is CC(CCC(CC(=O)OC(C)(C)C)O[Si](C)(C)C(C)(C)C)B1OC2CC3CC(C3(C)C)C2(C)O1. The van der Waals surface area contributed by atoms with Crippen LogP contribution in [0, 0.1) is 17.3 Å². The lowest BCUT2D eigenvalue weighted by Crippen LogP contribution is -2.65. The molecule has 0 aromatic heterocycles. The second-order valence-corrected chi connectivity index (χ2v) is 19.4. The molecule has 6 unspecified atom stereocenters. The maximum Gasteiger partial charge on any atom is 0.460 e. The summed E-state index contributed by atoms with van der Waals surface area (Å²) in [7, 11) is -2.20. The van der Waals surface area contributed by atoms with Crippen LogP contribution in [0.1, 0.15) is 101 Å². The molecule has 4 aliphatic rings. The van der Waals surface area contributed by atoms with Crippen LogP contribution in [0.4, 0.5) is 0 Å². The van der Waals surface area contributed by atoms with Crippen molar-refractivity contribution in [2.75, 3.05) is 0 Å². The minimum absolute atomic E-state index is 0.0837. The van der Waals surface area contributed by atoms with Crippen molar-refractivity contribution in [1.82, 2.24) is 0 Å². The van der Waals surface area contributed by atoms with Crippen molar-refractivity contribution in [1.29, 1.82) is 0 Å². The van der Waals surface area contributed by atoms with E-state index in [2.05, 4.69) is 61.6 Å². The largest absolute Gasteiger partial charge is 0.460 e. The summed E-state index contributed by atoms with van der Waals surface area (Å²) in [5.41, 5.74) is -0.315. The lowest BCUT2D eigenvalue weighted by molar-refractivity contribution is -0.199. The Morgan fingerprint density at radius 3 is 2.24 bits per heavy atom. The lowest BCUT2D eigenvalue weighted by atomic mass is 9.43. The summed E-state index contributed by atoms with van der Waals surface area (Å²) in [4.78, 5) is 12.7. The molecule has 34 heavy (non-hydrogen) atoms. The van der Waals surface area contributed by atoms with E-state index in [1.807, 2.05) is 20.8 Å². The summed E-state index contributed by atoms with van der Waals surface area (Å²) in [6, 6.07) is 0. The summed E-state index contributed by atoms with van der Waals surface area (Å²) >= 11 is 0. The van der Waals surface area contributed by atoms with E-state index in [0.29, 0.717) is 17.8 Å². The Labute approximate surface area is 210 Å². The fraction of sp³-hybridized carbons (Fsp3) is 0.963. The van der Waals surface area contributed by atoms with E-state index in [-0.39, 0.29) is 41.8 Å². The smallest absolute Gasteiger partial charge is 0.460 e. The molecule has 1 aliphatic heterocycles. The van der Waals surface area contributed by atoms with E-state index in [1.165, 1.54) is 6.42 Å². The van der Waals surface area contributed by atoms with Gasteiger partial charge >= 0.3 is 13.1 Å². The molecule has 0 aromatic rings. The molecule has 5 nitrogen and oxygen atoms in total. The Balaban J connectivity index is 1.63. The molecule has 4 fully saturated rings. The van der Waals surface area contributed by atoms with Crippen LogP contribution in [0.5, 0.6) is 0 Å². The van der Waals surface area contributed by atoms with E-state index in [9.17, 15) is 4.79 Å². The maximum absolute atomic E-state index is 12.7. The average Bonchev–Trinajstić information content (AvgIpc) is 3.00. The van der Waals surface area contributed by atoms with E-state index < -0.39 is 13.9 Å². The first-order valence-electron chi connectivity index (χ1n) is 13.5. The van der Waals surface area contributed by atoms with Crippen LogP contribution in [-0.2, 0) is 23.3 Å². The van der Waals surface area contributed by atoms with Gasteiger partial charge in [-0.25, -0.2) is 0 Å². The van der Waals surface area contributed by atoms with Crippen molar-refractivity contribution in [3.05, 3.63) is 0 Å². The van der Waals surface area contributed by atoms with Crippen LogP contribution in [0.2, 0.25) is 23.9 Å². The Morgan fingerprint density at radius 2 is 1.71 bits per heavy atom. The van der Waals surface area contributed by atoms with Crippen LogP contribution >= 0.6 is 0 Å². The number of rotatable bonds is 8. The highest BCUT2D eigenvalue weighted by Crippen LogP contribution is 2.66. The molecule has 196 valence electrons. The second kappa shape index (κ2) is 9.18. The first kappa shape index (κ1) is 28.2. The second-order valence-electron chi connectivity index (χ2n) is 14.7. The van der Waals surface area contributed by atoms with Crippen LogP contribution in [0.3, 0.4) is 0 Å². The predicted molar refractivity (Wildman–Crippen MR) is 141 cm³/mol. The quantitative estimate of drug-likeness (QED) is 0.268. The van der Waals surface area contributed by atoms with Gasteiger partial charge in [0.2, 0.25) is 0 Å². The molecule has 1 heterocycles. The van der Waals surface area contributed by atoms with Crippen LogP contribution in [0.25, 0.3) is 0 Å². The summed E-state index contributed by atoms with van der Waals surface area (Å²) in [6.45, 7) is 26.2. The summed E-state index contributed by atoms with van der Waals surface area (Å²) in [5.74, 6) is 1.39. The van der Waals surface area contributed by atoms with Gasteiger partial charge in [0.1, 0.15) is 5.60 Å². The maximum atomic E-state index is 12.7. The standard InChI is InChI=1S/C27H51BO5Si/c1-18(28-31-22-16-19-15-21(26(19,8)9)27(22,10)33-28)13-14-20(17-23(29)30-24(2,3)4)32-34(11,12)25(5,6)7/h18-22H,13-17H2,1-12H3. The molecule has 3 aliphatic carbocycles. The number of esters is 1. The van der Waals surface area contributed by atoms with Gasteiger partial charge in [0.05, 0.1) is 24.2 Å². The molecule has 6 atom stereocenters. The highest BCUT2D eigenvalue weighted by Gasteiger charge is 2.68. The number of hydrogen-bond acceptors (Lipinski definition) is 5. The van der Waals surface area contributed by atoms with Gasteiger partial charge in [-0.1, -0.05) is 41.5 Å². The lowest BCUT2D eigenvalue weighted by Gasteiger charge is -2.64. The number of carbonyl (C=O) groups is 1. The van der Waals surface area contributed by atoms with Crippen molar-refractivity contribution in [2.24, 2.45) is 17.3 Å². The Morgan fingerprint density at radius 1 is 1.09 bits per heavy atom. The minimum atomic E-state index is -2.02. The highest BCUT2D eigenvalue weighted by molar-refractivity contribution is 6.74. The molecule has 0 spiro atoms. The van der Waals surface area contributed by atoms with Crippen molar-refractivity contribution in [2.45, 2.75) is 149 Å². The molecule has 0 radical (unpaired) electrons. The molecule has 7 heteroatoms. The molecular weight excluding hydrogens is 443 g/mol. The monoisotopic (exact) mass is 494 g/mol. The fourth-order valence-electron chi connectivity index (χ4n) is 6.09. The van der Waals surface area contributed by atoms with Crippen LogP contribution < -0.4 is 0 Å². The zero-order valence-electron chi connectivity index (χ0n) is 24.0. The number of hydrogen-bond donors (Lipinski definition) is 0. The van der Waals surface area contributed by atoms with Gasteiger partial charge in [0.25, 0.3) is 0 Å². The Kier molecular flexibility index (Phi) is 7.62. The molecule has 2 bridgehead atoms. The molecule has 3 saturated carbocycles. The minimum Gasteiger partial charge on any atom is -0.460 e. The van der Waals surface area contributed by atoms with Crippen molar-refractivity contribution < 1.29 is 23.3 Å². The molecule has 0 aromatic carbocycles. The third-order valence-electron chi connectivity index (χ3n) is 9.46. The van der Waals surface area contributed by atoms with Crippen molar-refractivity contribution >= 4 is 21.4 Å². The normalized spacial score (nSPS) is 32.6. The first-order valence-corrected chi connectivity index (χ1v) is 16.4. The molecule has 1 saturated heterocycles. The highest BCUT2D eigenvalue weighted by atomic mass is 28.4.